The number of halogens is 1. The van der Waals surface area contributed by atoms with E-state index < -0.39 is 0 Å². The molecule has 1 aromatic heterocycles. The van der Waals surface area contributed by atoms with Crippen LogP contribution in [-0.4, -0.2) is 11.5 Å². The molecule has 2 heterocycles. The van der Waals surface area contributed by atoms with E-state index in [-0.39, 0.29) is 5.82 Å². The van der Waals surface area contributed by atoms with Gasteiger partial charge in [0.1, 0.15) is 5.82 Å². The molecule has 2 nitrogen and oxygen atoms in total. The number of fused-ring (bicyclic) bond motifs is 1. The van der Waals surface area contributed by atoms with Gasteiger partial charge in [-0.25, -0.2) is 4.39 Å². The fraction of sp³-hybridized carbons (Fsp3) is 0.273. The van der Waals surface area contributed by atoms with Crippen molar-refractivity contribution in [1.82, 2.24) is 10.3 Å². The van der Waals surface area contributed by atoms with E-state index in [0.717, 1.165) is 23.1 Å². The molecular formula is C11H11FN2. The van der Waals surface area contributed by atoms with Crippen LogP contribution in [0.2, 0.25) is 0 Å². The van der Waals surface area contributed by atoms with Gasteiger partial charge < -0.3 is 10.3 Å². The molecule has 0 bridgehead atoms. The summed E-state index contributed by atoms with van der Waals surface area (Å²) in [6, 6.07) is 5.88. The Balaban J connectivity index is 2.26. The Morgan fingerprint density at radius 1 is 1.43 bits per heavy atom. The molecule has 0 aliphatic carbocycles. The van der Waals surface area contributed by atoms with Crippen molar-refractivity contribution in [3.8, 4) is 0 Å². The van der Waals surface area contributed by atoms with E-state index in [9.17, 15) is 4.39 Å². The molecule has 0 unspecified atom stereocenters. The zero-order valence-electron chi connectivity index (χ0n) is 7.89. The van der Waals surface area contributed by atoms with Crippen molar-refractivity contribution in [2.75, 3.05) is 6.54 Å². The molecule has 1 fully saturated rings. The quantitative estimate of drug-likeness (QED) is 0.665. The molecule has 1 aromatic carbocycles. The summed E-state index contributed by atoms with van der Waals surface area (Å²) in [4.78, 5) is 3.26. The summed E-state index contributed by atoms with van der Waals surface area (Å²) in [5.74, 6) is -0.144. The van der Waals surface area contributed by atoms with Crippen molar-refractivity contribution < 1.29 is 4.39 Å². The smallest absolute Gasteiger partial charge is 0.128 e. The normalized spacial score (nSPS) is 20.3. The van der Waals surface area contributed by atoms with Gasteiger partial charge in [0.2, 0.25) is 0 Å². The molecule has 2 aromatic rings. The second-order valence-electron chi connectivity index (χ2n) is 3.82. The Labute approximate surface area is 81.1 Å². The van der Waals surface area contributed by atoms with Gasteiger partial charge in [-0.3, -0.25) is 0 Å². The highest BCUT2D eigenvalue weighted by Crippen LogP contribution is 2.27. The number of aromatic amines is 1. The molecule has 1 saturated heterocycles. The molecular weight excluding hydrogens is 179 g/mol. The number of hydrogen-bond acceptors (Lipinski definition) is 1. The summed E-state index contributed by atoms with van der Waals surface area (Å²) in [6.45, 7) is 2.83. The zero-order chi connectivity index (χ0) is 9.71. The van der Waals surface area contributed by atoms with Crippen LogP contribution in [0.4, 0.5) is 4.39 Å². The van der Waals surface area contributed by atoms with Crippen LogP contribution in [0, 0.1) is 12.7 Å². The average Bonchev–Trinajstić information content (AvgIpc) is 2.93. The molecule has 0 amide bonds. The first kappa shape index (κ1) is 8.00. The third-order valence-electron chi connectivity index (χ3n) is 2.80. The van der Waals surface area contributed by atoms with Crippen LogP contribution < -0.4 is 5.32 Å². The lowest BCUT2D eigenvalue weighted by Gasteiger charge is -1.96. The summed E-state index contributed by atoms with van der Waals surface area (Å²) in [7, 11) is 0. The van der Waals surface area contributed by atoms with Crippen molar-refractivity contribution in [3.05, 3.63) is 35.3 Å². The summed E-state index contributed by atoms with van der Waals surface area (Å²) in [5, 5.41) is 4.31. The molecule has 2 N–H and O–H groups in total. The van der Waals surface area contributed by atoms with Gasteiger partial charge in [-0.1, -0.05) is 0 Å². The zero-order valence-corrected chi connectivity index (χ0v) is 7.89. The van der Waals surface area contributed by atoms with E-state index in [1.807, 2.05) is 6.07 Å². The monoisotopic (exact) mass is 190 g/mol. The van der Waals surface area contributed by atoms with Crippen molar-refractivity contribution in [2.45, 2.75) is 13.0 Å². The number of aromatic nitrogens is 1. The average molecular weight is 190 g/mol. The number of hydrogen-bond donors (Lipinski definition) is 2. The second-order valence-corrected chi connectivity index (χ2v) is 3.82. The van der Waals surface area contributed by atoms with Crippen LogP contribution in [-0.2, 0) is 0 Å². The van der Waals surface area contributed by atoms with Gasteiger partial charge in [0.15, 0.2) is 0 Å². The fourth-order valence-electron chi connectivity index (χ4n) is 1.81. The number of rotatable bonds is 1. The fourth-order valence-corrected chi connectivity index (χ4v) is 1.81. The van der Waals surface area contributed by atoms with Gasteiger partial charge in [-0.05, 0) is 25.1 Å². The first-order valence-corrected chi connectivity index (χ1v) is 4.77. The Kier molecular flexibility index (Phi) is 1.47. The topological polar surface area (TPSA) is 37.7 Å². The maximum absolute atomic E-state index is 13.2. The highest BCUT2D eigenvalue weighted by atomic mass is 19.1. The summed E-state index contributed by atoms with van der Waals surface area (Å²) in [6.07, 6.45) is 0. The first-order chi connectivity index (χ1) is 6.75. The van der Waals surface area contributed by atoms with Crippen LogP contribution >= 0.6 is 0 Å². The van der Waals surface area contributed by atoms with Gasteiger partial charge in [0, 0.05) is 23.2 Å². The minimum absolute atomic E-state index is 0.144. The highest BCUT2D eigenvalue weighted by molar-refractivity contribution is 5.83. The van der Waals surface area contributed by atoms with E-state index in [1.54, 1.807) is 6.92 Å². The lowest BCUT2D eigenvalue weighted by molar-refractivity contribution is 0.620. The number of H-pyrrole nitrogens is 1. The van der Waals surface area contributed by atoms with Crippen LogP contribution in [0.3, 0.4) is 0 Å². The van der Waals surface area contributed by atoms with Crippen molar-refractivity contribution >= 4 is 10.9 Å². The summed E-state index contributed by atoms with van der Waals surface area (Å²) >= 11 is 0. The van der Waals surface area contributed by atoms with Crippen LogP contribution in [0.5, 0.6) is 0 Å². The van der Waals surface area contributed by atoms with E-state index in [4.69, 9.17) is 0 Å². The maximum atomic E-state index is 13.2. The number of benzene rings is 1. The molecule has 0 saturated carbocycles. The van der Waals surface area contributed by atoms with E-state index in [1.165, 1.54) is 6.07 Å². The molecule has 14 heavy (non-hydrogen) atoms. The minimum Gasteiger partial charge on any atom is -0.357 e. The minimum atomic E-state index is -0.144. The van der Waals surface area contributed by atoms with Gasteiger partial charge >= 0.3 is 0 Å². The summed E-state index contributed by atoms with van der Waals surface area (Å²) in [5.41, 5.74) is 2.79. The van der Waals surface area contributed by atoms with Crippen molar-refractivity contribution in [1.29, 1.82) is 0 Å². The Hall–Kier alpha value is -1.35. The van der Waals surface area contributed by atoms with Crippen molar-refractivity contribution in [2.24, 2.45) is 0 Å². The predicted molar refractivity (Wildman–Crippen MR) is 53.7 cm³/mol. The van der Waals surface area contributed by atoms with Crippen LogP contribution in [0.1, 0.15) is 17.3 Å². The third kappa shape index (κ3) is 1.06. The lowest BCUT2D eigenvalue weighted by atomic mass is 10.1. The second kappa shape index (κ2) is 2.58. The SMILES string of the molecule is Cc1c(F)ccc2cc([C@H]3CN3)[nH]c12. The molecule has 72 valence electrons. The van der Waals surface area contributed by atoms with E-state index >= 15 is 0 Å². The Morgan fingerprint density at radius 2 is 2.21 bits per heavy atom. The van der Waals surface area contributed by atoms with Crippen LogP contribution in [0.15, 0.2) is 18.2 Å². The van der Waals surface area contributed by atoms with Gasteiger partial charge in [-0.15, -0.1) is 0 Å². The van der Waals surface area contributed by atoms with Gasteiger partial charge in [0.05, 0.1) is 11.6 Å². The molecule has 3 heteroatoms. The van der Waals surface area contributed by atoms with Gasteiger partial charge in [-0.2, -0.15) is 0 Å². The molecule has 1 atom stereocenters. The molecule has 3 rings (SSSR count). The summed E-state index contributed by atoms with van der Waals surface area (Å²) < 4.78 is 13.2. The van der Waals surface area contributed by atoms with E-state index in [0.29, 0.717) is 11.6 Å². The molecule has 0 radical (unpaired) electrons. The largest absolute Gasteiger partial charge is 0.357 e. The number of aryl methyl sites for hydroxylation is 1. The van der Waals surface area contributed by atoms with Crippen molar-refractivity contribution in [3.63, 3.8) is 0 Å². The maximum Gasteiger partial charge on any atom is 0.128 e. The highest BCUT2D eigenvalue weighted by Gasteiger charge is 2.24. The Bertz CT molecular complexity index is 497. The van der Waals surface area contributed by atoms with Crippen LogP contribution in [0.25, 0.3) is 10.9 Å². The molecule has 1 aliphatic rings. The third-order valence-corrected chi connectivity index (χ3v) is 2.80. The molecule has 0 spiro atoms. The first-order valence-electron chi connectivity index (χ1n) is 4.77. The van der Waals surface area contributed by atoms with E-state index in [2.05, 4.69) is 16.4 Å². The number of nitrogens with one attached hydrogen (secondary N) is 2. The molecule has 1 aliphatic heterocycles. The lowest BCUT2D eigenvalue weighted by Crippen LogP contribution is -1.85. The standard InChI is InChI=1S/C11H11FN2/c1-6-8(12)3-2-7-4-9(10-5-13-10)14-11(6)7/h2-4,10,13-14H,5H2,1H3/t10-/m1/s1. The predicted octanol–water partition coefficient (Wildman–Crippen LogP) is 2.26. The Morgan fingerprint density at radius 3 is 2.93 bits per heavy atom. The van der Waals surface area contributed by atoms with Gasteiger partial charge in [0.25, 0.3) is 0 Å².